The van der Waals surface area contributed by atoms with E-state index >= 15 is 0 Å². The van der Waals surface area contributed by atoms with Crippen LogP contribution in [0.1, 0.15) is 12.8 Å². The van der Waals surface area contributed by atoms with Crippen molar-refractivity contribution >= 4 is 17.0 Å². The smallest absolute Gasteiger partial charge is 0.209 e. The maximum atomic E-state index is 6.37. The van der Waals surface area contributed by atoms with Crippen molar-refractivity contribution in [3.63, 3.8) is 0 Å². The first-order valence-electron chi connectivity index (χ1n) is 8.50. The average Bonchev–Trinajstić information content (AvgIpc) is 3.06. The van der Waals surface area contributed by atoms with E-state index in [4.69, 9.17) is 15.5 Å². The van der Waals surface area contributed by atoms with Crippen LogP contribution in [0.25, 0.3) is 11.0 Å². The Morgan fingerprint density at radius 2 is 2.00 bits per heavy atom. The van der Waals surface area contributed by atoms with Crippen LogP contribution >= 0.6 is 0 Å². The van der Waals surface area contributed by atoms with E-state index in [1.807, 2.05) is 18.2 Å². The highest BCUT2D eigenvalue weighted by Crippen LogP contribution is 2.43. The van der Waals surface area contributed by atoms with Crippen LogP contribution in [0.5, 0.6) is 0 Å². The third kappa shape index (κ3) is 1.89. The molecule has 6 heteroatoms. The minimum absolute atomic E-state index is 0.117. The normalized spacial score (nSPS) is 36.4. The molecule has 4 fully saturated rings. The van der Waals surface area contributed by atoms with Gasteiger partial charge in [0.15, 0.2) is 6.35 Å². The highest BCUT2D eigenvalue weighted by Gasteiger charge is 2.54. The van der Waals surface area contributed by atoms with Gasteiger partial charge in [0.2, 0.25) is 5.95 Å². The van der Waals surface area contributed by atoms with E-state index in [0.29, 0.717) is 5.92 Å². The first-order valence-corrected chi connectivity index (χ1v) is 8.50. The highest BCUT2D eigenvalue weighted by atomic mass is 16.6. The number of benzene rings is 1. The molecule has 1 aromatic heterocycles. The van der Waals surface area contributed by atoms with Gasteiger partial charge in [-0.2, -0.15) is 0 Å². The molecule has 1 spiro atoms. The molecular weight excluding hydrogens is 290 g/mol. The molecular formula is C17H23N5O. The van der Waals surface area contributed by atoms with Gasteiger partial charge >= 0.3 is 0 Å². The van der Waals surface area contributed by atoms with Crippen LogP contribution in [0, 0.1) is 5.92 Å². The van der Waals surface area contributed by atoms with Crippen molar-refractivity contribution < 1.29 is 4.74 Å². The van der Waals surface area contributed by atoms with E-state index in [1.165, 1.54) is 25.9 Å². The van der Waals surface area contributed by atoms with Gasteiger partial charge < -0.3 is 19.1 Å². The van der Waals surface area contributed by atoms with Gasteiger partial charge in [-0.15, -0.1) is 0 Å². The number of nitrogens with two attached hydrogens (primary N) is 1. The topological polar surface area (TPSA) is 59.5 Å². The number of para-hydroxylation sites is 2. The van der Waals surface area contributed by atoms with Crippen molar-refractivity contribution in [2.45, 2.75) is 24.8 Å². The summed E-state index contributed by atoms with van der Waals surface area (Å²) in [6.45, 7) is 4.26. The Morgan fingerprint density at radius 1 is 1.22 bits per heavy atom. The molecule has 2 atom stereocenters. The molecule has 2 N–H and O–H groups in total. The molecule has 6 rings (SSSR count). The Morgan fingerprint density at radius 3 is 2.70 bits per heavy atom. The van der Waals surface area contributed by atoms with Crippen LogP contribution < -0.4 is 10.6 Å². The van der Waals surface area contributed by atoms with Gasteiger partial charge in [-0.25, -0.2) is 4.98 Å². The van der Waals surface area contributed by atoms with Crippen LogP contribution in [0.3, 0.4) is 0 Å². The lowest BCUT2D eigenvalue weighted by molar-refractivity contribution is -0.137. The number of ether oxygens (including phenoxy) is 1. The minimum Gasteiger partial charge on any atom is -0.335 e. The molecule has 0 radical (unpaired) electrons. The van der Waals surface area contributed by atoms with E-state index in [1.54, 1.807) is 0 Å². The number of fused-ring (bicyclic) bond motifs is 3. The summed E-state index contributed by atoms with van der Waals surface area (Å²) >= 11 is 0. The summed E-state index contributed by atoms with van der Waals surface area (Å²) in [6, 6.07) is 8.21. The second-order valence-corrected chi connectivity index (χ2v) is 7.21. The number of aromatic nitrogens is 2. The van der Waals surface area contributed by atoms with Gasteiger partial charge in [-0.05, 0) is 44.0 Å². The van der Waals surface area contributed by atoms with Crippen molar-refractivity contribution in [3.05, 3.63) is 24.3 Å². The second kappa shape index (κ2) is 4.69. The van der Waals surface area contributed by atoms with Gasteiger partial charge in [0.05, 0.1) is 17.6 Å². The van der Waals surface area contributed by atoms with Gasteiger partial charge in [-0.3, -0.25) is 5.73 Å². The maximum Gasteiger partial charge on any atom is 0.209 e. The fraction of sp³-hybridized carbons (Fsp3) is 0.588. The summed E-state index contributed by atoms with van der Waals surface area (Å²) in [5.41, 5.74) is 8.39. The average molecular weight is 313 g/mol. The van der Waals surface area contributed by atoms with Crippen molar-refractivity contribution in [1.82, 2.24) is 14.5 Å². The molecule has 4 aliphatic heterocycles. The lowest BCUT2D eigenvalue weighted by Gasteiger charge is -2.50. The Balaban J connectivity index is 1.52. The third-order valence-corrected chi connectivity index (χ3v) is 5.94. The number of hydrogen-bond donors (Lipinski definition) is 1. The zero-order valence-electron chi connectivity index (χ0n) is 13.5. The molecule has 0 amide bonds. The molecule has 1 aromatic carbocycles. The minimum atomic E-state index is -0.411. The maximum absolute atomic E-state index is 6.37. The number of anilines is 1. The molecule has 2 aromatic rings. The Labute approximate surface area is 135 Å². The number of nitrogens with zero attached hydrogens (tertiary/aromatic N) is 4. The van der Waals surface area contributed by atoms with Crippen LogP contribution in [0.15, 0.2) is 24.3 Å². The lowest BCUT2D eigenvalue weighted by atomic mass is 9.75. The molecule has 6 nitrogen and oxygen atoms in total. The molecule has 4 aliphatic rings. The molecule has 122 valence electrons. The monoisotopic (exact) mass is 313 g/mol. The SMILES string of the molecule is Cn1c(N2CC3(CN4CCC3CC4)OC2N)nc2ccccc21. The number of rotatable bonds is 1. The molecule has 4 saturated heterocycles. The molecule has 2 unspecified atom stereocenters. The standard InChI is InChI=1S/C17H23N5O/c1-20-14-5-3-2-4-13(14)19-16(20)22-11-17(23-15(22)18)10-21-8-6-12(17)7-9-21/h2-5,12,15H,6-11,18H2,1H3. The molecule has 23 heavy (non-hydrogen) atoms. The zero-order chi connectivity index (χ0) is 15.6. The van der Waals surface area contributed by atoms with Crippen molar-refractivity contribution in [2.75, 3.05) is 31.1 Å². The van der Waals surface area contributed by atoms with Crippen LogP contribution in [-0.2, 0) is 11.8 Å². The summed E-state index contributed by atoms with van der Waals surface area (Å²) in [5, 5.41) is 0. The summed E-state index contributed by atoms with van der Waals surface area (Å²) < 4.78 is 8.47. The second-order valence-electron chi connectivity index (χ2n) is 7.21. The van der Waals surface area contributed by atoms with E-state index in [-0.39, 0.29) is 5.60 Å². The first-order chi connectivity index (χ1) is 11.2. The molecule has 0 saturated carbocycles. The van der Waals surface area contributed by atoms with Gasteiger partial charge in [0, 0.05) is 13.6 Å². The number of imidazole rings is 1. The Kier molecular flexibility index (Phi) is 2.81. The van der Waals surface area contributed by atoms with Crippen molar-refractivity contribution in [3.8, 4) is 0 Å². The Bertz CT molecular complexity index is 751. The van der Waals surface area contributed by atoms with E-state index < -0.39 is 6.35 Å². The van der Waals surface area contributed by atoms with Crippen LogP contribution in [-0.4, -0.2) is 52.6 Å². The highest BCUT2D eigenvalue weighted by molar-refractivity contribution is 5.78. The van der Waals surface area contributed by atoms with E-state index in [0.717, 1.165) is 30.1 Å². The number of hydrogen-bond acceptors (Lipinski definition) is 5. The predicted molar refractivity (Wildman–Crippen MR) is 89.0 cm³/mol. The summed E-state index contributed by atoms with van der Waals surface area (Å²) in [6.07, 6.45) is 2.04. The van der Waals surface area contributed by atoms with E-state index in [2.05, 4.69) is 27.5 Å². The van der Waals surface area contributed by atoms with Gasteiger partial charge in [0.25, 0.3) is 0 Å². The molecule has 2 bridgehead atoms. The lowest BCUT2D eigenvalue weighted by Crippen LogP contribution is -2.61. The van der Waals surface area contributed by atoms with Gasteiger partial charge in [0.1, 0.15) is 5.60 Å². The van der Waals surface area contributed by atoms with Crippen molar-refractivity contribution in [2.24, 2.45) is 18.7 Å². The Hall–Kier alpha value is -1.63. The van der Waals surface area contributed by atoms with Crippen molar-refractivity contribution in [1.29, 1.82) is 0 Å². The largest absolute Gasteiger partial charge is 0.335 e. The van der Waals surface area contributed by atoms with E-state index in [9.17, 15) is 0 Å². The van der Waals surface area contributed by atoms with Gasteiger partial charge in [-0.1, -0.05) is 12.1 Å². The molecule has 5 heterocycles. The van der Waals surface area contributed by atoms with Crippen LogP contribution in [0.2, 0.25) is 0 Å². The fourth-order valence-corrected chi connectivity index (χ4v) is 4.73. The first kappa shape index (κ1) is 13.8. The molecule has 0 aliphatic carbocycles. The number of piperidine rings is 3. The zero-order valence-corrected chi connectivity index (χ0v) is 13.5. The summed E-state index contributed by atoms with van der Waals surface area (Å²) in [7, 11) is 2.05. The summed E-state index contributed by atoms with van der Waals surface area (Å²) in [5.74, 6) is 1.53. The predicted octanol–water partition coefficient (Wildman–Crippen LogP) is 1.12. The third-order valence-electron chi connectivity index (χ3n) is 5.94. The quantitative estimate of drug-likeness (QED) is 0.855. The summed E-state index contributed by atoms with van der Waals surface area (Å²) in [4.78, 5) is 9.46. The number of aryl methyl sites for hydroxylation is 1. The fourth-order valence-electron chi connectivity index (χ4n) is 4.73. The van der Waals surface area contributed by atoms with Crippen LogP contribution in [0.4, 0.5) is 5.95 Å².